The Balaban J connectivity index is 1.94. The van der Waals surface area contributed by atoms with Crippen molar-refractivity contribution in [3.05, 3.63) is 71.8 Å². The second-order valence-electron chi connectivity index (χ2n) is 4.77. The van der Waals surface area contributed by atoms with E-state index in [0.717, 1.165) is 6.54 Å². The van der Waals surface area contributed by atoms with Crippen LogP contribution >= 0.6 is 0 Å². The maximum absolute atomic E-state index is 2.45. The van der Waals surface area contributed by atoms with Crippen molar-refractivity contribution < 1.29 is 0 Å². The fraction of sp³-hybridized carbons (Fsp3) is 0.176. The van der Waals surface area contributed by atoms with Gasteiger partial charge >= 0.3 is 0 Å². The van der Waals surface area contributed by atoms with Gasteiger partial charge in [0.05, 0.1) is 0 Å². The molecule has 18 heavy (non-hydrogen) atoms. The first-order valence-corrected chi connectivity index (χ1v) is 6.42. The average Bonchev–Trinajstić information content (AvgIpc) is 2.43. The van der Waals surface area contributed by atoms with E-state index in [4.69, 9.17) is 0 Å². The minimum absolute atomic E-state index is 0.445. The molecule has 3 rings (SSSR count). The van der Waals surface area contributed by atoms with Crippen LogP contribution in [0.5, 0.6) is 0 Å². The Labute approximate surface area is 108 Å². The standard InChI is InChI=1S/C17H17N/c1-14-11-12-16-9-5-6-10-17(16)18(14)13-15-7-3-2-4-8-15/h2-12,14H,13H2,1H3. The highest BCUT2D eigenvalue weighted by atomic mass is 15.2. The van der Waals surface area contributed by atoms with E-state index in [1.54, 1.807) is 0 Å². The van der Waals surface area contributed by atoms with Crippen LogP contribution in [-0.2, 0) is 6.54 Å². The number of hydrogen-bond acceptors (Lipinski definition) is 1. The van der Waals surface area contributed by atoms with Gasteiger partial charge in [-0.15, -0.1) is 0 Å². The number of nitrogens with zero attached hydrogens (tertiary/aromatic N) is 1. The van der Waals surface area contributed by atoms with E-state index in [1.165, 1.54) is 16.8 Å². The maximum atomic E-state index is 2.45. The van der Waals surface area contributed by atoms with Gasteiger partial charge in [0.15, 0.2) is 0 Å². The molecule has 2 aromatic carbocycles. The van der Waals surface area contributed by atoms with Crippen LogP contribution in [0.15, 0.2) is 60.7 Å². The summed E-state index contributed by atoms with van der Waals surface area (Å²) in [5.41, 5.74) is 4.00. The maximum Gasteiger partial charge on any atom is 0.0452 e. The molecule has 1 heteroatoms. The van der Waals surface area contributed by atoms with Gasteiger partial charge in [-0.2, -0.15) is 0 Å². The molecular weight excluding hydrogens is 218 g/mol. The van der Waals surface area contributed by atoms with Crippen molar-refractivity contribution in [2.24, 2.45) is 0 Å². The van der Waals surface area contributed by atoms with Crippen molar-refractivity contribution >= 4 is 11.8 Å². The molecule has 0 fully saturated rings. The van der Waals surface area contributed by atoms with E-state index >= 15 is 0 Å². The van der Waals surface area contributed by atoms with Gasteiger partial charge in [-0.05, 0) is 24.1 Å². The molecule has 0 amide bonds. The van der Waals surface area contributed by atoms with Gasteiger partial charge in [0.25, 0.3) is 0 Å². The van der Waals surface area contributed by atoms with Crippen molar-refractivity contribution in [1.82, 2.24) is 0 Å². The lowest BCUT2D eigenvalue weighted by Crippen LogP contribution is -2.33. The van der Waals surface area contributed by atoms with Gasteiger partial charge in [-0.25, -0.2) is 0 Å². The molecular formula is C17H17N. The molecule has 0 radical (unpaired) electrons. The quantitative estimate of drug-likeness (QED) is 0.757. The van der Waals surface area contributed by atoms with Crippen LogP contribution in [0, 0.1) is 0 Å². The first-order valence-electron chi connectivity index (χ1n) is 6.42. The largest absolute Gasteiger partial charge is 0.361 e. The van der Waals surface area contributed by atoms with E-state index in [1.807, 2.05) is 0 Å². The monoisotopic (exact) mass is 235 g/mol. The average molecular weight is 235 g/mol. The molecule has 0 aliphatic carbocycles. The summed E-state index contributed by atoms with van der Waals surface area (Å²) < 4.78 is 0. The van der Waals surface area contributed by atoms with Crippen LogP contribution in [0.1, 0.15) is 18.1 Å². The third kappa shape index (κ3) is 2.04. The molecule has 0 N–H and O–H groups in total. The SMILES string of the molecule is CC1C=Cc2ccccc2N1Cc1ccccc1. The first kappa shape index (κ1) is 11.1. The molecule has 0 bridgehead atoms. The number of anilines is 1. The van der Waals surface area contributed by atoms with Crippen LogP contribution in [-0.4, -0.2) is 6.04 Å². The fourth-order valence-corrected chi connectivity index (χ4v) is 2.47. The normalized spacial score (nSPS) is 17.6. The molecule has 1 unspecified atom stereocenters. The second kappa shape index (κ2) is 4.69. The molecule has 90 valence electrons. The number of hydrogen-bond donors (Lipinski definition) is 0. The molecule has 1 aliphatic rings. The summed E-state index contributed by atoms with van der Waals surface area (Å²) >= 11 is 0. The highest BCUT2D eigenvalue weighted by molar-refractivity contribution is 5.72. The third-order valence-electron chi connectivity index (χ3n) is 3.49. The molecule has 1 nitrogen and oxygen atoms in total. The van der Waals surface area contributed by atoms with E-state index in [0.29, 0.717) is 6.04 Å². The van der Waals surface area contributed by atoms with Gasteiger partial charge in [0, 0.05) is 18.3 Å². The zero-order valence-electron chi connectivity index (χ0n) is 10.6. The number of rotatable bonds is 2. The zero-order valence-corrected chi connectivity index (χ0v) is 10.6. The minimum Gasteiger partial charge on any atom is -0.361 e. The van der Waals surface area contributed by atoms with Gasteiger partial charge in [-0.3, -0.25) is 0 Å². The Morgan fingerprint density at radius 2 is 1.67 bits per heavy atom. The van der Waals surface area contributed by atoms with E-state index < -0.39 is 0 Å². The van der Waals surface area contributed by atoms with Gasteiger partial charge < -0.3 is 4.90 Å². The smallest absolute Gasteiger partial charge is 0.0452 e. The van der Waals surface area contributed by atoms with Crippen LogP contribution < -0.4 is 4.90 Å². The number of fused-ring (bicyclic) bond motifs is 1. The Bertz CT molecular complexity index is 557. The highest BCUT2D eigenvalue weighted by Crippen LogP contribution is 2.29. The van der Waals surface area contributed by atoms with E-state index in [2.05, 4.69) is 78.6 Å². The van der Waals surface area contributed by atoms with Gasteiger partial charge in [0.2, 0.25) is 0 Å². The summed E-state index contributed by atoms with van der Waals surface area (Å²) in [6, 6.07) is 19.7. The predicted molar refractivity (Wildman–Crippen MR) is 77.6 cm³/mol. The highest BCUT2D eigenvalue weighted by Gasteiger charge is 2.18. The van der Waals surface area contributed by atoms with E-state index in [-0.39, 0.29) is 0 Å². The lowest BCUT2D eigenvalue weighted by atomic mass is 10.0. The van der Waals surface area contributed by atoms with Crippen LogP contribution in [0.25, 0.3) is 6.08 Å². The summed E-state index contributed by atoms with van der Waals surface area (Å²) in [5, 5.41) is 0. The molecule has 0 spiro atoms. The number of benzene rings is 2. The lowest BCUT2D eigenvalue weighted by Gasteiger charge is -2.34. The summed E-state index contributed by atoms with van der Waals surface area (Å²) in [5.74, 6) is 0. The van der Waals surface area contributed by atoms with Crippen LogP contribution in [0.3, 0.4) is 0 Å². The minimum atomic E-state index is 0.445. The van der Waals surface area contributed by atoms with Crippen LogP contribution in [0.4, 0.5) is 5.69 Å². The van der Waals surface area contributed by atoms with Crippen LogP contribution in [0.2, 0.25) is 0 Å². The zero-order chi connectivity index (χ0) is 12.4. The van der Waals surface area contributed by atoms with Crippen molar-refractivity contribution in [3.8, 4) is 0 Å². The Morgan fingerprint density at radius 1 is 0.944 bits per heavy atom. The van der Waals surface area contributed by atoms with Crippen molar-refractivity contribution in [3.63, 3.8) is 0 Å². The van der Waals surface area contributed by atoms with Crippen molar-refractivity contribution in [2.75, 3.05) is 4.90 Å². The Morgan fingerprint density at radius 3 is 2.50 bits per heavy atom. The number of para-hydroxylation sites is 1. The Kier molecular flexibility index (Phi) is 2.89. The second-order valence-corrected chi connectivity index (χ2v) is 4.77. The topological polar surface area (TPSA) is 3.24 Å². The lowest BCUT2D eigenvalue weighted by molar-refractivity contribution is 0.728. The van der Waals surface area contributed by atoms with Gasteiger partial charge in [0.1, 0.15) is 0 Å². The third-order valence-corrected chi connectivity index (χ3v) is 3.49. The van der Waals surface area contributed by atoms with Crippen molar-refractivity contribution in [2.45, 2.75) is 19.5 Å². The molecule has 1 heterocycles. The molecule has 0 saturated heterocycles. The molecule has 0 aromatic heterocycles. The Hall–Kier alpha value is -2.02. The summed E-state index contributed by atoms with van der Waals surface area (Å²) in [6.45, 7) is 3.21. The molecule has 0 saturated carbocycles. The van der Waals surface area contributed by atoms with E-state index in [9.17, 15) is 0 Å². The summed E-state index contributed by atoms with van der Waals surface area (Å²) in [7, 11) is 0. The van der Waals surface area contributed by atoms with Crippen molar-refractivity contribution in [1.29, 1.82) is 0 Å². The molecule has 2 aromatic rings. The molecule has 1 atom stereocenters. The predicted octanol–water partition coefficient (Wildman–Crippen LogP) is 4.11. The fourth-order valence-electron chi connectivity index (χ4n) is 2.47. The van der Waals surface area contributed by atoms with Gasteiger partial charge in [-0.1, -0.05) is 60.7 Å². The molecule has 1 aliphatic heterocycles. The summed E-state index contributed by atoms with van der Waals surface area (Å²) in [4.78, 5) is 2.45. The first-order chi connectivity index (χ1) is 8.84. The summed E-state index contributed by atoms with van der Waals surface area (Å²) in [6.07, 6.45) is 4.49.